The standard InChI is InChI=1S/C20H22ClNO/c1-20(2,14-15-6-4-3-5-7-15)22(19(23)16-8-9-16)18-12-10-17(21)11-13-18/h3-7,10-13,16H,8-9,14H2,1-2H3. The fraction of sp³-hybridized carbons (Fsp3) is 0.350. The number of hydrogen-bond acceptors (Lipinski definition) is 1. The van der Waals surface area contributed by atoms with Crippen LogP contribution >= 0.6 is 11.6 Å². The Morgan fingerprint density at radius 3 is 2.26 bits per heavy atom. The number of benzene rings is 2. The van der Waals surface area contributed by atoms with Crippen LogP contribution in [0.15, 0.2) is 54.6 Å². The van der Waals surface area contributed by atoms with Gasteiger partial charge < -0.3 is 4.90 Å². The lowest BCUT2D eigenvalue weighted by Crippen LogP contribution is -2.50. The third-order valence-corrected chi connectivity index (χ3v) is 4.57. The first-order valence-corrected chi connectivity index (χ1v) is 8.49. The fourth-order valence-electron chi connectivity index (χ4n) is 3.05. The summed E-state index contributed by atoms with van der Waals surface area (Å²) >= 11 is 6.01. The Balaban J connectivity index is 1.93. The summed E-state index contributed by atoms with van der Waals surface area (Å²) in [5.41, 5.74) is 1.86. The van der Waals surface area contributed by atoms with Crippen molar-refractivity contribution in [1.82, 2.24) is 0 Å². The summed E-state index contributed by atoms with van der Waals surface area (Å²) < 4.78 is 0. The van der Waals surface area contributed by atoms with Crippen LogP contribution in [0, 0.1) is 5.92 Å². The van der Waals surface area contributed by atoms with Gasteiger partial charge >= 0.3 is 0 Å². The van der Waals surface area contributed by atoms with E-state index in [-0.39, 0.29) is 17.4 Å². The number of halogens is 1. The number of nitrogens with zero attached hydrogens (tertiary/aromatic N) is 1. The van der Waals surface area contributed by atoms with E-state index < -0.39 is 0 Å². The van der Waals surface area contributed by atoms with Gasteiger partial charge in [-0.25, -0.2) is 0 Å². The third-order valence-electron chi connectivity index (χ3n) is 4.32. The van der Waals surface area contributed by atoms with Crippen molar-refractivity contribution in [3.8, 4) is 0 Å². The average Bonchev–Trinajstić information content (AvgIpc) is 3.34. The normalized spacial score (nSPS) is 14.6. The minimum Gasteiger partial charge on any atom is -0.306 e. The molecule has 2 nitrogen and oxygen atoms in total. The maximum Gasteiger partial charge on any atom is 0.230 e. The van der Waals surface area contributed by atoms with Gasteiger partial charge in [0.25, 0.3) is 0 Å². The molecule has 1 fully saturated rings. The molecule has 0 bridgehead atoms. The van der Waals surface area contributed by atoms with E-state index in [0.29, 0.717) is 5.02 Å². The second kappa shape index (κ2) is 6.37. The van der Waals surface area contributed by atoms with Crippen molar-refractivity contribution in [3.63, 3.8) is 0 Å². The van der Waals surface area contributed by atoms with Gasteiger partial charge in [0, 0.05) is 22.2 Å². The highest BCUT2D eigenvalue weighted by molar-refractivity contribution is 6.30. The molecule has 2 aromatic rings. The zero-order chi connectivity index (χ0) is 16.4. The molecule has 0 aliphatic heterocycles. The fourth-order valence-corrected chi connectivity index (χ4v) is 3.18. The average molecular weight is 328 g/mol. The zero-order valence-corrected chi connectivity index (χ0v) is 14.4. The molecular weight excluding hydrogens is 306 g/mol. The molecule has 120 valence electrons. The van der Waals surface area contributed by atoms with E-state index in [1.807, 2.05) is 47.4 Å². The Bertz CT molecular complexity index is 675. The second-order valence-electron chi connectivity index (χ2n) is 6.90. The summed E-state index contributed by atoms with van der Waals surface area (Å²) in [6.45, 7) is 4.27. The first kappa shape index (κ1) is 16.1. The molecule has 2 aromatic carbocycles. The summed E-state index contributed by atoms with van der Waals surface area (Å²) in [5, 5.41) is 0.688. The van der Waals surface area contributed by atoms with E-state index in [1.54, 1.807) is 0 Å². The third kappa shape index (κ3) is 3.76. The minimum atomic E-state index is -0.297. The second-order valence-corrected chi connectivity index (χ2v) is 7.34. The predicted molar refractivity (Wildman–Crippen MR) is 95.9 cm³/mol. The van der Waals surface area contributed by atoms with E-state index >= 15 is 0 Å². The van der Waals surface area contributed by atoms with Crippen molar-refractivity contribution in [3.05, 3.63) is 65.2 Å². The van der Waals surface area contributed by atoms with Gasteiger partial charge in [-0.3, -0.25) is 4.79 Å². The first-order valence-electron chi connectivity index (χ1n) is 8.11. The van der Waals surface area contributed by atoms with Crippen LogP contribution in [0.3, 0.4) is 0 Å². The number of carbonyl (C=O) groups is 1. The van der Waals surface area contributed by atoms with E-state index in [2.05, 4.69) is 26.0 Å². The maximum absolute atomic E-state index is 12.9. The van der Waals surface area contributed by atoms with Crippen molar-refractivity contribution in [1.29, 1.82) is 0 Å². The van der Waals surface area contributed by atoms with Gasteiger partial charge in [0.05, 0.1) is 0 Å². The Morgan fingerprint density at radius 2 is 1.70 bits per heavy atom. The molecule has 23 heavy (non-hydrogen) atoms. The Labute approximate surface area is 143 Å². The van der Waals surface area contributed by atoms with Gasteiger partial charge in [0.15, 0.2) is 0 Å². The Morgan fingerprint density at radius 1 is 1.09 bits per heavy atom. The van der Waals surface area contributed by atoms with Gasteiger partial charge in [0.2, 0.25) is 5.91 Å². The van der Waals surface area contributed by atoms with Crippen LogP contribution in [0.2, 0.25) is 5.02 Å². The monoisotopic (exact) mass is 327 g/mol. The van der Waals surface area contributed by atoms with Crippen LogP contribution in [0.4, 0.5) is 5.69 Å². The zero-order valence-electron chi connectivity index (χ0n) is 13.6. The van der Waals surface area contributed by atoms with E-state index in [4.69, 9.17) is 11.6 Å². The summed E-state index contributed by atoms with van der Waals surface area (Å²) in [7, 11) is 0. The molecule has 3 heteroatoms. The van der Waals surface area contributed by atoms with E-state index in [0.717, 1.165) is 24.9 Å². The molecular formula is C20H22ClNO. The van der Waals surface area contributed by atoms with Crippen molar-refractivity contribution >= 4 is 23.2 Å². The summed E-state index contributed by atoms with van der Waals surface area (Å²) in [6.07, 6.45) is 2.82. The number of carbonyl (C=O) groups excluding carboxylic acids is 1. The molecule has 0 heterocycles. The lowest BCUT2D eigenvalue weighted by Gasteiger charge is -2.39. The minimum absolute atomic E-state index is 0.181. The first-order chi connectivity index (χ1) is 11.0. The molecule has 1 amide bonds. The predicted octanol–water partition coefficient (Wildman–Crippen LogP) is 5.10. The van der Waals surface area contributed by atoms with Gasteiger partial charge in [0.1, 0.15) is 0 Å². The quantitative estimate of drug-likeness (QED) is 0.747. The van der Waals surface area contributed by atoms with Crippen molar-refractivity contribution in [2.24, 2.45) is 5.92 Å². The van der Waals surface area contributed by atoms with E-state index in [1.165, 1.54) is 5.56 Å². The Hall–Kier alpha value is -1.80. The molecule has 1 saturated carbocycles. The van der Waals surface area contributed by atoms with Crippen molar-refractivity contribution in [2.75, 3.05) is 4.90 Å². The van der Waals surface area contributed by atoms with Crippen LogP contribution in [-0.4, -0.2) is 11.4 Å². The molecule has 0 atom stereocenters. The summed E-state index contributed by atoms with van der Waals surface area (Å²) in [6, 6.07) is 17.9. The SMILES string of the molecule is CC(C)(Cc1ccccc1)N(C(=O)C1CC1)c1ccc(Cl)cc1. The smallest absolute Gasteiger partial charge is 0.230 e. The van der Waals surface area contributed by atoms with Crippen LogP contribution in [0.1, 0.15) is 32.3 Å². The highest BCUT2D eigenvalue weighted by Crippen LogP contribution is 2.37. The molecule has 0 saturated heterocycles. The van der Waals surface area contributed by atoms with Gasteiger partial charge in [-0.1, -0.05) is 41.9 Å². The molecule has 0 N–H and O–H groups in total. The summed E-state index contributed by atoms with van der Waals surface area (Å²) in [5.74, 6) is 0.411. The van der Waals surface area contributed by atoms with Crippen LogP contribution in [-0.2, 0) is 11.2 Å². The van der Waals surface area contributed by atoms with Crippen LogP contribution in [0.5, 0.6) is 0 Å². The lowest BCUT2D eigenvalue weighted by molar-refractivity contribution is -0.120. The highest BCUT2D eigenvalue weighted by Gasteiger charge is 2.40. The van der Waals surface area contributed by atoms with Crippen LogP contribution in [0.25, 0.3) is 0 Å². The highest BCUT2D eigenvalue weighted by atomic mass is 35.5. The molecule has 0 spiro atoms. The molecule has 3 rings (SSSR count). The topological polar surface area (TPSA) is 20.3 Å². The largest absolute Gasteiger partial charge is 0.306 e. The van der Waals surface area contributed by atoms with Crippen molar-refractivity contribution < 1.29 is 4.79 Å². The Kier molecular flexibility index (Phi) is 4.45. The molecule has 0 unspecified atom stereocenters. The van der Waals surface area contributed by atoms with Crippen molar-refractivity contribution in [2.45, 2.75) is 38.6 Å². The molecule has 0 radical (unpaired) electrons. The molecule has 0 aromatic heterocycles. The van der Waals surface area contributed by atoms with Gasteiger partial charge in [-0.05, 0) is 62.9 Å². The van der Waals surface area contributed by atoms with Gasteiger partial charge in [-0.2, -0.15) is 0 Å². The lowest BCUT2D eigenvalue weighted by atomic mass is 9.91. The van der Waals surface area contributed by atoms with E-state index in [9.17, 15) is 4.79 Å². The number of anilines is 1. The molecule has 1 aliphatic carbocycles. The van der Waals surface area contributed by atoms with Crippen LogP contribution < -0.4 is 4.90 Å². The molecule has 1 aliphatic rings. The maximum atomic E-state index is 12.9. The van der Waals surface area contributed by atoms with Gasteiger partial charge in [-0.15, -0.1) is 0 Å². The number of rotatable bonds is 5. The number of hydrogen-bond donors (Lipinski definition) is 0. The number of amides is 1. The summed E-state index contributed by atoms with van der Waals surface area (Å²) in [4.78, 5) is 14.9.